The van der Waals surface area contributed by atoms with Crippen molar-refractivity contribution in [3.05, 3.63) is 48.6 Å². The van der Waals surface area contributed by atoms with E-state index in [1.165, 1.54) is 44.1 Å². The van der Waals surface area contributed by atoms with Gasteiger partial charge in [0.25, 0.3) is 0 Å². The van der Waals surface area contributed by atoms with E-state index in [9.17, 15) is 0 Å². The summed E-state index contributed by atoms with van der Waals surface area (Å²) in [5.41, 5.74) is 4.41. The SMILES string of the molecule is C=CCC(C)(C)C.CC(C)(C)C.CC(C)(C)Cc1ccccc1.CCC(C)(C)C.CCCC(C)(C)C.CCCCC(C)(C)C. The molecule has 0 aromatic heterocycles. The summed E-state index contributed by atoms with van der Waals surface area (Å²) in [6.07, 6.45) is 12.2. The summed E-state index contributed by atoms with van der Waals surface area (Å²) in [6.45, 7) is 52.9. The fourth-order valence-electron chi connectivity index (χ4n) is 3.10. The second-order valence-corrected chi connectivity index (χ2v) is 20.2. The molecule has 1 aromatic carbocycles. The van der Waals surface area contributed by atoms with Crippen molar-refractivity contribution >= 4 is 0 Å². The molecule has 0 saturated heterocycles. The molecule has 1 aromatic rings. The Balaban J connectivity index is -0.000000141. The predicted octanol–water partition coefficient (Wildman–Crippen LogP) is 16.4. The van der Waals surface area contributed by atoms with E-state index in [1.807, 2.05) is 6.08 Å². The zero-order valence-electron chi connectivity index (χ0n) is 35.3. The van der Waals surface area contributed by atoms with Crippen LogP contribution in [0.1, 0.15) is 203 Å². The van der Waals surface area contributed by atoms with E-state index in [1.54, 1.807) is 0 Å². The molecule has 44 heavy (non-hydrogen) atoms. The summed E-state index contributed by atoms with van der Waals surface area (Å²) < 4.78 is 0. The Bertz CT molecular complexity index is 700. The molecule has 0 aliphatic heterocycles. The highest BCUT2D eigenvalue weighted by Crippen LogP contribution is 2.22. The van der Waals surface area contributed by atoms with Crippen molar-refractivity contribution in [2.75, 3.05) is 0 Å². The third-order valence-electron chi connectivity index (χ3n) is 5.67. The summed E-state index contributed by atoms with van der Waals surface area (Å²) in [5, 5.41) is 0. The summed E-state index contributed by atoms with van der Waals surface area (Å²) >= 11 is 0. The second kappa shape index (κ2) is 26.1. The molecule has 0 N–H and O–H groups in total. The lowest BCUT2D eigenvalue weighted by Crippen LogP contribution is -2.08. The van der Waals surface area contributed by atoms with Crippen molar-refractivity contribution in [2.45, 2.75) is 204 Å². The van der Waals surface area contributed by atoms with Crippen LogP contribution in [0.15, 0.2) is 43.0 Å². The normalized spacial score (nSPS) is 11.8. The van der Waals surface area contributed by atoms with Crippen LogP contribution in [0.25, 0.3) is 0 Å². The zero-order chi connectivity index (χ0) is 36.5. The van der Waals surface area contributed by atoms with Crippen LogP contribution in [-0.2, 0) is 6.42 Å². The van der Waals surface area contributed by atoms with Crippen LogP contribution < -0.4 is 0 Å². The van der Waals surface area contributed by atoms with Crippen LogP contribution in [0.4, 0.5) is 0 Å². The van der Waals surface area contributed by atoms with E-state index in [2.05, 4.69) is 189 Å². The van der Waals surface area contributed by atoms with Gasteiger partial charge in [0, 0.05) is 0 Å². The molecule has 0 unspecified atom stereocenters. The lowest BCUT2D eigenvalue weighted by molar-refractivity contribution is 0.363. The number of unbranched alkanes of at least 4 members (excludes halogenated alkanes) is 1. The fourth-order valence-corrected chi connectivity index (χ4v) is 3.10. The molecular formula is C44H90. The van der Waals surface area contributed by atoms with E-state index >= 15 is 0 Å². The van der Waals surface area contributed by atoms with Gasteiger partial charge in [-0.1, -0.05) is 214 Å². The second-order valence-electron chi connectivity index (χ2n) is 20.2. The van der Waals surface area contributed by atoms with Gasteiger partial charge in [-0.2, -0.15) is 0 Å². The van der Waals surface area contributed by atoms with Crippen LogP contribution in [0, 0.1) is 32.5 Å². The van der Waals surface area contributed by atoms with E-state index in [-0.39, 0.29) is 0 Å². The Morgan fingerprint density at radius 3 is 1.00 bits per heavy atom. The van der Waals surface area contributed by atoms with E-state index in [0.717, 1.165) is 12.8 Å². The molecule has 1 rings (SSSR count). The van der Waals surface area contributed by atoms with Gasteiger partial charge in [0.05, 0.1) is 0 Å². The third-order valence-corrected chi connectivity index (χ3v) is 5.67. The summed E-state index contributed by atoms with van der Waals surface area (Å²) in [7, 11) is 0. The average Bonchev–Trinajstić information content (AvgIpc) is 2.75. The van der Waals surface area contributed by atoms with E-state index < -0.39 is 0 Å². The predicted molar refractivity (Wildman–Crippen MR) is 212 cm³/mol. The van der Waals surface area contributed by atoms with Crippen molar-refractivity contribution in [2.24, 2.45) is 32.5 Å². The smallest absolute Gasteiger partial charge is 0.0230 e. The van der Waals surface area contributed by atoms with Crippen molar-refractivity contribution in [3.63, 3.8) is 0 Å². The van der Waals surface area contributed by atoms with Gasteiger partial charge in [-0.3, -0.25) is 0 Å². The first-order valence-electron chi connectivity index (χ1n) is 18.0. The highest BCUT2D eigenvalue weighted by Gasteiger charge is 2.10. The molecule has 0 fully saturated rings. The molecule has 0 heteroatoms. The van der Waals surface area contributed by atoms with Crippen LogP contribution in [0.5, 0.6) is 0 Å². The first kappa shape index (κ1) is 52.5. The minimum Gasteiger partial charge on any atom is -0.103 e. The highest BCUT2D eigenvalue weighted by molar-refractivity contribution is 5.15. The Kier molecular flexibility index (Phi) is 31.1. The van der Waals surface area contributed by atoms with Crippen LogP contribution >= 0.6 is 0 Å². The molecule has 0 nitrogen and oxygen atoms in total. The molecular weight excluding hydrogens is 528 g/mol. The molecule has 0 aliphatic rings. The molecule has 0 radical (unpaired) electrons. The Hall–Kier alpha value is -1.04. The number of benzene rings is 1. The summed E-state index contributed by atoms with van der Waals surface area (Å²) in [5.74, 6) is 0. The number of hydrogen-bond acceptors (Lipinski definition) is 0. The summed E-state index contributed by atoms with van der Waals surface area (Å²) in [4.78, 5) is 0. The first-order chi connectivity index (χ1) is 19.3. The molecule has 266 valence electrons. The maximum absolute atomic E-state index is 3.65. The Morgan fingerprint density at radius 2 is 0.864 bits per heavy atom. The van der Waals surface area contributed by atoms with Crippen molar-refractivity contribution in [1.29, 1.82) is 0 Å². The topological polar surface area (TPSA) is 0 Å². The van der Waals surface area contributed by atoms with Gasteiger partial charge in [-0.05, 0) is 63.7 Å². The van der Waals surface area contributed by atoms with Gasteiger partial charge in [-0.15, -0.1) is 6.58 Å². The number of hydrogen-bond donors (Lipinski definition) is 0. The van der Waals surface area contributed by atoms with Crippen LogP contribution in [-0.4, -0.2) is 0 Å². The summed E-state index contributed by atoms with van der Waals surface area (Å²) in [6, 6.07) is 10.6. The Morgan fingerprint density at radius 1 is 0.500 bits per heavy atom. The fraction of sp³-hybridized carbons (Fsp3) is 0.818. The molecule has 0 saturated carbocycles. The van der Waals surface area contributed by atoms with Gasteiger partial charge in [0.15, 0.2) is 0 Å². The average molecular weight is 619 g/mol. The minimum atomic E-state index is 0.404. The lowest BCUT2D eigenvalue weighted by Gasteiger charge is -2.17. The molecule has 0 amide bonds. The standard InChI is InChI=1S/C11H16.C8H18.C7H16.C7H14.C6H14.C5H12/c1-11(2,3)9-10-7-5-4-6-8-10;1-5-6-7-8(2,3)4;2*1-5-6-7(2,3)4;1-5-6(2,3)4;1-5(2,3)4/h4-8H,9H2,1-3H3;5-7H2,1-4H3;5-6H2,1-4H3;5H,1,6H2,2-4H3;5H2,1-4H3;1-4H3. The minimum absolute atomic E-state index is 0.404. The van der Waals surface area contributed by atoms with Crippen LogP contribution in [0.3, 0.4) is 0 Å². The maximum atomic E-state index is 3.65. The van der Waals surface area contributed by atoms with E-state index in [0.29, 0.717) is 32.5 Å². The molecule has 0 heterocycles. The lowest BCUT2D eigenvalue weighted by atomic mass is 9.88. The number of allylic oxidation sites excluding steroid dienone is 1. The molecule has 0 aliphatic carbocycles. The Labute approximate surface area is 284 Å². The quantitative estimate of drug-likeness (QED) is 0.288. The van der Waals surface area contributed by atoms with Gasteiger partial charge in [0.1, 0.15) is 0 Å². The van der Waals surface area contributed by atoms with Crippen molar-refractivity contribution in [3.8, 4) is 0 Å². The first-order valence-corrected chi connectivity index (χ1v) is 18.0. The third kappa shape index (κ3) is 83.7. The largest absolute Gasteiger partial charge is 0.103 e. The molecule has 0 atom stereocenters. The van der Waals surface area contributed by atoms with Gasteiger partial charge >= 0.3 is 0 Å². The van der Waals surface area contributed by atoms with Gasteiger partial charge in [-0.25, -0.2) is 0 Å². The molecule has 0 spiro atoms. The number of rotatable bonds is 5. The van der Waals surface area contributed by atoms with Gasteiger partial charge < -0.3 is 0 Å². The monoisotopic (exact) mass is 619 g/mol. The van der Waals surface area contributed by atoms with Crippen LogP contribution in [0.2, 0.25) is 0 Å². The van der Waals surface area contributed by atoms with E-state index in [4.69, 9.17) is 0 Å². The van der Waals surface area contributed by atoms with Crippen molar-refractivity contribution in [1.82, 2.24) is 0 Å². The highest BCUT2D eigenvalue weighted by atomic mass is 14.2. The maximum Gasteiger partial charge on any atom is -0.0230 e. The molecule has 0 bridgehead atoms. The van der Waals surface area contributed by atoms with Crippen molar-refractivity contribution < 1.29 is 0 Å². The van der Waals surface area contributed by atoms with Gasteiger partial charge in [0.2, 0.25) is 0 Å². The zero-order valence-corrected chi connectivity index (χ0v) is 35.3.